The summed E-state index contributed by atoms with van der Waals surface area (Å²) < 4.78 is 64.0. The van der Waals surface area contributed by atoms with Crippen molar-refractivity contribution < 1.29 is 31.1 Å². The quantitative estimate of drug-likeness (QED) is 0.800. The second kappa shape index (κ2) is 7.73. The monoisotopic (exact) mass is 394 g/mol. The highest BCUT2D eigenvalue weighted by Crippen LogP contribution is 2.21. The van der Waals surface area contributed by atoms with Gasteiger partial charge in [0.25, 0.3) is 0 Å². The van der Waals surface area contributed by atoms with Crippen molar-refractivity contribution in [2.75, 3.05) is 30.5 Å². The summed E-state index contributed by atoms with van der Waals surface area (Å²) in [5.74, 6) is -0.145. The van der Waals surface area contributed by atoms with Crippen molar-refractivity contribution in [1.29, 1.82) is 0 Å². The van der Waals surface area contributed by atoms with E-state index in [0.29, 0.717) is 12.1 Å². The topological polar surface area (TPSA) is 75.7 Å². The fraction of sp³-hybridized carbons (Fsp3) is 0.562. The van der Waals surface area contributed by atoms with Gasteiger partial charge in [-0.1, -0.05) is 0 Å². The predicted octanol–water partition coefficient (Wildman–Crippen LogP) is 2.07. The fourth-order valence-corrected chi connectivity index (χ4v) is 4.46. The van der Waals surface area contributed by atoms with Gasteiger partial charge >= 0.3 is 6.18 Å². The van der Waals surface area contributed by atoms with E-state index in [9.17, 15) is 26.4 Å². The molecule has 2 atom stereocenters. The molecule has 0 aromatic heterocycles. The Bertz CT molecular complexity index is 735. The third kappa shape index (κ3) is 5.79. The number of sulfone groups is 1. The minimum Gasteiger partial charge on any atom is -0.484 e. The van der Waals surface area contributed by atoms with Crippen LogP contribution in [0.5, 0.6) is 5.75 Å². The fourth-order valence-electron chi connectivity index (χ4n) is 2.69. The molecule has 1 heterocycles. The van der Waals surface area contributed by atoms with E-state index in [1.54, 1.807) is 14.0 Å². The molecule has 0 radical (unpaired) electrons. The Labute approximate surface area is 150 Å². The van der Waals surface area contributed by atoms with E-state index in [-0.39, 0.29) is 29.2 Å². The summed E-state index contributed by atoms with van der Waals surface area (Å²) >= 11 is 0. The van der Waals surface area contributed by atoms with Gasteiger partial charge in [-0.25, -0.2) is 8.42 Å². The van der Waals surface area contributed by atoms with Gasteiger partial charge in [0.05, 0.1) is 11.5 Å². The number of carbonyl (C=O) groups excluding carboxylic acids is 1. The molecule has 6 nitrogen and oxygen atoms in total. The molecule has 2 rings (SSSR count). The van der Waals surface area contributed by atoms with Gasteiger partial charge in [-0.05, 0) is 37.6 Å². The number of carbonyl (C=O) groups is 1. The maximum atomic E-state index is 12.4. The summed E-state index contributed by atoms with van der Waals surface area (Å²) in [5.41, 5.74) is 0.539. The zero-order valence-electron chi connectivity index (χ0n) is 14.4. The molecule has 1 aromatic rings. The number of likely N-dealkylation sites (N-methyl/N-ethyl adjacent to an activating group) is 1. The number of hydrogen-bond donors (Lipinski definition) is 1. The molecule has 0 unspecified atom stereocenters. The standard InChI is InChI=1S/C16H21F3N2O4S/c1-11(15(22)21(2)13-7-8-26(23,24)9-13)20-12-3-5-14(6-4-12)25-10-16(17,18)19/h3-6,11,13,20H,7-10H2,1-2H3/t11-,13-/m1/s1. The number of anilines is 1. The minimum atomic E-state index is -4.41. The van der Waals surface area contributed by atoms with Gasteiger partial charge in [0.1, 0.15) is 11.8 Å². The van der Waals surface area contributed by atoms with Crippen LogP contribution in [0.4, 0.5) is 18.9 Å². The van der Waals surface area contributed by atoms with Gasteiger partial charge in [-0.15, -0.1) is 0 Å². The first kappa shape index (κ1) is 20.3. The zero-order chi connectivity index (χ0) is 19.5. The molecule has 0 spiro atoms. The van der Waals surface area contributed by atoms with Crippen LogP contribution in [0.1, 0.15) is 13.3 Å². The van der Waals surface area contributed by atoms with E-state index >= 15 is 0 Å². The number of amides is 1. The van der Waals surface area contributed by atoms with Gasteiger partial charge in [0.15, 0.2) is 16.4 Å². The van der Waals surface area contributed by atoms with Crippen LogP contribution in [-0.2, 0) is 14.6 Å². The Balaban J connectivity index is 1.90. The van der Waals surface area contributed by atoms with Gasteiger partial charge in [0, 0.05) is 18.8 Å². The van der Waals surface area contributed by atoms with Crippen LogP contribution >= 0.6 is 0 Å². The van der Waals surface area contributed by atoms with Crippen LogP contribution < -0.4 is 10.1 Å². The molecule has 1 aliphatic rings. The first-order valence-electron chi connectivity index (χ1n) is 8.00. The molecule has 0 aliphatic carbocycles. The Morgan fingerprint density at radius 1 is 1.35 bits per heavy atom. The summed E-state index contributed by atoms with van der Waals surface area (Å²) in [5, 5.41) is 2.95. The highest BCUT2D eigenvalue weighted by Gasteiger charge is 2.34. The van der Waals surface area contributed by atoms with Crippen molar-refractivity contribution in [1.82, 2.24) is 4.90 Å². The highest BCUT2D eigenvalue weighted by molar-refractivity contribution is 7.91. The van der Waals surface area contributed by atoms with Crippen LogP contribution in [0.3, 0.4) is 0 Å². The number of nitrogens with one attached hydrogen (secondary N) is 1. The van der Waals surface area contributed by atoms with Crippen molar-refractivity contribution in [3.8, 4) is 5.75 Å². The molecule has 10 heteroatoms. The summed E-state index contributed by atoms with van der Waals surface area (Å²) in [7, 11) is -1.52. The summed E-state index contributed by atoms with van der Waals surface area (Å²) in [4.78, 5) is 13.9. The van der Waals surface area contributed by atoms with Crippen LogP contribution in [0.15, 0.2) is 24.3 Å². The second-order valence-electron chi connectivity index (χ2n) is 6.30. The molecule has 0 bridgehead atoms. The van der Waals surface area contributed by atoms with Crippen LogP contribution in [0, 0.1) is 0 Å². The Kier molecular flexibility index (Phi) is 6.05. The SMILES string of the molecule is C[C@@H](Nc1ccc(OCC(F)(F)F)cc1)C(=O)N(C)[C@@H]1CCS(=O)(=O)C1. The van der Waals surface area contributed by atoms with Gasteiger partial charge < -0.3 is 15.0 Å². The van der Waals surface area contributed by atoms with E-state index in [2.05, 4.69) is 10.1 Å². The minimum absolute atomic E-state index is 0.0345. The Morgan fingerprint density at radius 3 is 2.46 bits per heavy atom. The first-order valence-corrected chi connectivity index (χ1v) is 9.82. The number of halogens is 3. The van der Waals surface area contributed by atoms with Gasteiger partial charge in [0.2, 0.25) is 5.91 Å². The van der Waals surface area contributed by atoms with Crippen molar-refractivity contribution in [3.05, 3.63) is 24.3 Å². The van der Waals surface area contributed by atoms with Gasteiger partial charge in [-0.2, -0.15) is 13.2 Å². The number of hydrogen-bond acceptors (Lipinski definition) is 5. The van der Waals surface area contributed by atoms with E-state index in [1.165, 1.54) is 29.2 Å². The van der Waals surface area contributed by atoms with Crippen molar-refractivity contribution in [3.63, 3.8) is 0 Å². The first-order chi connectivity index (χ1) is 12.0. The molecule has 1 saturated heterocycles. The maximum Gasteiger partial charge on any atom is 0.422 e. The van der Waals surface area contributed by atoms with E-state index in [4.69, 9.17) is 0 Å². The van der Waals surface area contributed by atoms with Crippen LogP contribution in [0.2, 0.25) is 0 Å². The molecule has 146 valence electrons. The smallest absolute Gasteiger partial charge is 0.422 e. The van der Waals surface area contributed by atoms with Crippen molar-refractivity contribution in [2.24, 2.45) is 0 Å². The summed E-state index contributed by atoms with van der Waals surface area (Å²) in [6, 6.07) is 4.81. The predicted molar refractivity (Wildman–Crippen MR) is 90.9 cm³/mol. The molecule has 1 fully saturated rings. The third-order valence-corrected chi connectivity index (χ3v) is 5.86. The van der Waals surface area contributed by atoms with Crippen molar-refractivity contribution in [2.45, 2.75) is 31.6 Å². The van der Waals surface area contributed by atoms with E-state index in [0.717, 1.165) is 0 Å². The van der Waals surface area contributed by atoms with Crippen LogP contribution in [-0.4, -0.2) is 62.6 Å². The maximum absolute atomic E-state index is 12.4. The van der Waals surface area contributed by atoms with Gasteiger partial charge in [-0.3, -0.25) is 4.79 Å². The average Bonchev–Trinajstić information content (AvgIpc) is 2.92. The number of nitrogens with zero attached hydrogens (tertiary/aromatic N) is 1. The number of alkyl halides is 3. The van der Waals surface area contributed by atoms with Crippen LogP contribution in [0.25, 0.3) is 0 Å². The molecular weight excluding hydrogens is 373 g/mol. The molecule has 0 saturated carbocycles. The third-order valence-electron chi connectivity index (χ3n) is 4.11. The largest absolute Gasteiger partial charge is 0.484 e. The number of rotatable bonds is 6. The Morgan fingerprint density at radius 2 is 1.96 bits per heavy atom. The molecule has 1 aromatic carbocycles. The molecule has 1 aliphatic heterocycles. The lowest BCUT2D eigenvalue weighted by Gasteiger charge is -2.27. The normalized spacial score (nSPS) is 20.4. The second-order valence-corrected chi connectivity index (χ2v) is 8.53. The number of benzene rings is 1. The lowest BCUT2D eigenvalue weighted by Crippen LogP contribution is -2.45. The zero-order valence-corrected chi connectivity index (χ0v) is 15.2. The lowest BCUT2D eigenvalue weighted by atomic mass is 10.2. The Hall–Kier alpha value is -1.97. The van der Waals surface area contributed by atoms with E-state index < -0.39 is 28.7 Å². The van der Waals surface area contributed by atoms with Crippen molar-refractivity contribution >= 4 is 21.4 Å². The van der Waals surface area contributed by atoms with E-state index in [1.807, 2.05) is 0 Å². The molecule has 1 amide bonds. The average molecular weight is 394 g/mol. The lowest BCUT2D eigenvalue weighted by molar-refractivity contribution is -0.153. The molecular formula is C16H21F3N2O4S. The summed E-state index contributed by atoms with van der Waals surface area (Å²) in [6.45, 7) is 0.264. The summed E-state index contributed by atoms with van der Waals surface area (Å²) in [6.07, 6.45) is -3.99. The number of ether oxygens (including phenoxy) is 1. The molecule has 1 N–H and O–H groups in total. The highest BCUT2D eigenvalue weighted by atomic mass is 32.2. The molecule has 26 heavy (non-hydrogen) atoms.